The number of aromatic nitrogens is 3. The first kappa shape index (κ1) is 18.1. The summed E-state index contributed by atoms with van der Waals surface area (Å²) in [7, 11) is 0. The van der Waals surface area contributed by atoms with Gasteiger partial charge in [0.15, 0.2) is 24.0 Å². The normalized spacial score (nSPS) is 10.6. The van der Waals surface area contributed by atoms with Gasteiger partial charge >= 0.3 is 0 Å². The minimum atomic E-state index is -0.534. The molecule has 26 heavy (non-hydrogen) atoms. The number of rotatable bonds is 6. The van der Waals surface area contributed by atoms with Crippen molar-refractivity contribution in [1.82, 2.24) is 14.8 Å². The minimum Gasteiger partial charge on any atom is -0.481 e. The molecule has 0 saturated heterocycles. The fraction of sp³-hybridized carbons (Fsp3) is 0.167. The van der Waals surface area contributed by atoms with Gasteiger partial charge in [-0.15, -0.1) is 10.2 Å². The standard InChI is InChI=1S/C18H16BrFN4O2/c1-2-24-11-21-23-18(24)12-4-3-5-14(8-12)22-17(25)10-26-16-7-6-13(19)9-15(16)20/h3-9,11H,2,10H2,1H3,(H,22,25). The predicted octanol–water partition coefficient (Wildman–Crippen LogP) is 3.88. The monoisotopic (exact) mass is 418 g/mol. The van der Waals surface area contributed by atoms with E-state index < -0.39 is 5.82 Å². The van der Waals surface area contributed by atoms with E-state index in [0.717, 1.165) is 17.9 Å². The Morgan fingerprint density at radius 2 is 2.15 bits per heavy atom. The van der Waals surface area contributed by atoms with Crippen molar-refractivity contribution in [3.8, 4) is 17.1 Å². The first-order valence-electron chi connectivity index (χ1n) is 7.92. The molecular weight excluding hydrogens is 403 g/mol. The van der Waals surface area contributed by atoms with Crippen LogP contribution in [0.4, 0.5) is 10.1 Å². The number of nitrogens with zero attached hydrogens (tertiary/aromatic N) is 3. The SMILES string of the molecule is CCn1cnnc1-c1cccc(NC(=O)COc2ccc(Br)cc2F)c1. The molecule has 1 amide bonds. The Hall–Kier alpha value is -2.74. The number of hydrogen-bond donors (Lipinski definition) is 1. The Kier molecular flexibility index (Phi) is 5.62. The zero-order chi connectivity index (χ0) is 18.5. The first-order valence-corrected chi connectivity index (χ1v) is 8.72. The van der Waals surface area contributed by atoms with Crippen LogP contribution < -0.4 is 10.1 Å². The molecule has 2 aromatic carbocycles. The largest absolute Gasteiger partial charge is 0.481 e. The van der Waals surface area contributed by atoms with Crippen LogP contribution in [0.15, 0.2) is 53.3 Å². The molecule has 0 spiro atoms. The van der Waals surface area contributed by atoms with E-state index in [-0.39, 0.29) is 18.3 Å². The van der Waals surface area contributed by atoms with Crippen molar-refractivity contribution in [1.29, 1.82) is 0 Å². The van der Waals surface area contributed by atoms with Gasteiger partial charge in [-0.05, 0) is 37.3 Å². The van der Waals surface area contributed by atoms with Gasteiger partial charge in [-0.2, -0.15) is 0 Å². The van der Waals surface area contributed by atoms with Gasteiger partial charge in [-0.25, -0.2) is 4.39 Å². The van der Waals surface area contributed by atoms with Crippen LogP contribution in [0.2, 0.25) is 0 Å². The number of ether oxygens (including phenoxy) is 1. The summed E-state index contributed by atoms with van der Waals surface area (Å²) in [5.41, 5.74) is 1.43. The average Bonchev–Trinajstić information content (AvgIpc) is 3.10. The molecule has 3 rings (SSSR count). The molecule has 0 aliphatic heterocycles. The van der Waals surface area contributed by atoms with Crippen LogP contribution in [0.5, 0.6) is 5.75 Å². The fourth-order valence-electron chi connectivity index (χ4n) is 2.38. The summed E-state index contributed by atoms with van der Waals surface area (Å²) in [5.74, 6) is -0.181. The maximum atomic E-state index is 13.7. The van der Waals surface area contributed by atoms with Crippen LogP contribution in [0.1, 0.15) is 6.92 Å². The first-order chi connectivity index (χ1) is 12.6. The molecule has 1 aromatic heterocycles. The van der Waals surface area contributed by atoms with Crippen LogP contribution in [0.25, 0.3) is 11.4 Å². The Morgan fingerprint density at radius 1 is 1.31 bits per heavy atom. The lowest BCUT2D eigenvalue weighted by Crippen LogP contribution is -2.20. The van der Waals surface area contributed by atoms with Crippen molar-refractivity contribution in [2.45, 2.75) is 13.5 Å². The van der Waals surface area contributed by atoms with Gasteiger partial charge in [0.25, 0.3) is 5.91 Å². The Morgan fingerprint density at radius 3 is 2.92 bits per heavy atom. The van der Waals surface area contributed by atoms with E-state index in [4.69, 9.17) is 4.74 Å². The van der Waals surface area contributed by atoms with Crippen molar-refractivity contribution in [3.05, 3.63) is 59.1 Å². The van der Waals surface area contributed by atoms with Crippen LogP contribution in [-0.2, 0) is 11.3 Å². The summed E-state index contributed by atoms with van der Waals surface area (Å²) in [5, 5.41) is 10.7. The van der Waals surface area contributed by atoms with E-state index >= 15 is 0 Å². The molecule has 0 saturated carbocycles. The summed E-state index contributed by atoms with van der Waals surface area (Å²) in [6, 6.07) is 11.6. The van der Waals surface area contributed by atoms with Gasteiger partial charge in [-0.3, -0.25) is 4.79 Å². The topological polar surface area (TPSA) is 69.0 Å². The third-order valence-electron chi connectivity index (χ3n) is 3.61. The third kappa shape index (κ3) is 4.26. The summed E-state index contributed by atoms with van der Waals surface area (Å²) in [6.07, 6.45) is 1.65. The van der Waals surface area contributed by atoms with E-state index in [0.29, 0.717) is 10.2 Å². The van der Waals surface area contributed by atoms with Crippen molar-refractivity contribution in [2.75, 3.05) is 11.9 Å². The van der Waals surface area contributed by atoms with Gasteiger partial charge in [0, 0.05) is 22.3 Å². The number of benzene rings is 2. The molecule has 3 aromatic rings. The molecule has 0 aliphatic carbocycles. The number of carbonyl (C=O) groups excluding carboxylic acids is 1. The molecule has 6 nitrogen and oxygen atoms in total. The summed E-state index contributed by atoms with van der Waals surface area (Å²) < 4.78 is 21.4. The molecule has 0 aliphatic rings. The maximum Gasteiger partial charge on any atom is 0.262 e. The van der Waals surface area contributed by atoms with E-state index in [1.54, 1.807) is 24.5 Å². The van der Waals surface area contributed by atoms with Crippen LogP contribution in [0.3, 0.4) is 0 Å². The van der Waals surface area contributed by atoms with E-state index in [1.807, 2.05) is 23.6 Å². The number of aryl methyl sites for hydroxylation is 1. The highest BCUT2D eigenvalue weighted by molar-refractivity contribution is 9.10. The highest BCUT2D eigenvalue weighted by Crippen LogP contribution is 2.22. The zero-order valence-corrected chi connectivity index (χ0v) is 15.5. The van der Waals surface area contributed by atoms with Crippen molar-refractivity contribution in [2.24, 2.45) is 0 Å². The molecule has 8 heteroatoms. The molecule has 0 unspecified atom stereocenters. The Labute approximate surface area is 158 Å². The van der Waals surface area contributed by atoms with Crippen molar-refractivity contribution < 1.29 is 13.9 Å². The van der Waals surface area contributed by atoms with E-state index in [9.17, 15) is 9.18 Å². The second-order valence-electron chi connectivity index (χ2n) is 5.43. The quantitative estimate of drug-likeness (QED) is 0.659. The smallest absolute Gasteiger partial charge is 0.262 e. The minimum absolute atomic E-state index is 0.0214. The number of nitrogens with one attached hydrogen (secondary N) is 1. The Balaban J connectivity index is 1.65. The Bertz CT molecular complexity index is 929. The number of carbonyl (C=O) groups is 1. The van der Waals surface area contributed by atoms with Crippen LogP contribution in [0, 0.1) is 5.82 Å². The maximum absolute atomic E-state index is 13.7. The van der Waals surface area contributed by atoms with Gasteiger partial charge in [0.05, 0.1) is 0 Å². The van der Waals surface area contributed by atoms with Gasteiger partial charge in [-0.1, -0.05) is 28.1 Å². The zero-order valence-electron chi connectivity index (χ0n) is 13.9. The molecule has 0 radical (unpaired) electrons. The fourth-order valence-corrected chi connectivity index (χ4v) is 2.71. The highest BCUT2D eigenvalue weighted by Gasteiger charge is 2.10. The molecule has 1 N–H and O–H groups in total. The summed E-state index contributed by atoms with van der Waals surface area (Å²) in [4.78, 5) is 12.1. The van der Waals surface area contributed by atoms with E-state index in [2.05, 4.69) is 31.4 Å². The highest BCUT2D eigenvalue weighted by atomic mass is 79.9. The summed E-state index contributed by atoms with van der Waals surface area (Å²) >= 11 is 3.17. The second-order valence-corrected chi connectivity index (χ2v) is 6.35. The van der Waals surface area contributed by atoms with Crippen molar-refractivity contribution >= 4 is 27.5 Å². The molecule has 0 bridgehead atoms. The van der Waals surface area contributed by atoms with Crippen molar-refractivity contribution in [3.63, 3.8) is 0 Å². The predicted molar refractivity (Wildman–Crippen MR) is 99.4 cm³/mol. The number of amides is 1. The van der Waals surface area contributed by atoms with Crippen LogP contribution in [-0.4, -0.2) is 27.3 Å². The van der Waals surface area contributed by atoms with Crippen LogP contribution >= 0.6 is 15.9 Å². The molecule has 0 atom stereocenters. The average molecular weight is 419 g/mol. The lowest BCUT2D eigenvalue weighted by molar-refractivity contribution is -0.118. The summed E-state index contributed by atoms with van der Waals surface area (Å²) in [6.45, 7) is 2.44. The molecule has 134 valence electrons. The lowest BCUT2D eigenvalue weighted by atomic mass is 10.2. The molecular formula is C18H16BrFN4O2. The van der Waals surface area contributed by atoms with Gasteiger partial charge in [0.2, 0.25) is 0 Å². The number of halogens is 2. The van der Waals surface area contributed by atoms with E-state index in [1.165, 1.54) is 12.1 Å². The third-order valence-corrected chi connectivity index (χ3v) is 4.11. The second kappa shape index (κ2) is 8.09. The molecule has 0 fully saturated rings. The van der Waals surface area contributed by atoms with Gasteiger partial charge in [0.1, 0.15) is 6.33 Å². The number of anilines is 1. The molecule has 1 heterocycles. The van der Waals surface area contributed by atoms with Gasteiger partial charge < -0.3 is 14.6 Å². The lowest BCUT2D eigenvalue weighted by Gasteiger charge is -2.10. The number of hydrogen-bond acceptors (Lipinski definition) is 4.